The highest BCUT2D eigenvalue weighted by Gasteiger charge is 2.28. The van der Waals surface area contributed by atoms with Crippen LogP contribution >= 0.6 is 0 Å². The average Bonchev–Trinajstić information content (AvgIpc) is 1.86. The lowest BCUT2D eigenvalue weighted by Crippen LogP contribution is -2.47. The molecule has 0 aromatic heterocycles. The Hall–Kier alpha value is -0.120. The Labute approximate surface area is 68.3 Å². The molecule has 0 amide bonds. The smallest absolute Gasteiger partial charge is 0.162 e. The van der Waals surface area contributed by atoms with E-state index in [0.717, 1.165) is 13.2 Å². The number of rotatable bonds is 1. The summed E-state index contributed by atoms with van der Waals surface area (Å²) in [7, 11) is 4.07. The fraction of sp³-hybridized carbons (Fsp3) is 1.00. The molecule has 1 fully saturated rings. The van der Waals surface area contributed by atoms with Crippen LogP contribution in [0.5, 0.6) is 0 Å². The molecule has 0 atom stereocenters. The molecule has 0 bridgehead atoms. The van der Waals surface area contributed by atoms with E-state index in [0.29, 0.717) is 6.04 Å². The standard InChI is InChI=1S/C8H17NO2/c1-8(2)10-5-7(6-11-8)9(3)4/h7H,5-6H2,1-4H3. The largest absolute Gasteiger partial charge is 0.349 e. The van der Waals surface area contributed by atoms with Crippen molar-refractivity contribution in [3.63, 3.8) is 0 Å². The number of hydrogen-bond donors (Lipinski definition) is 0. The van der Waals surface area contributed by atoms with Gasteiger partial charge in [-0.1, -0.05) is 0 Å². The Morgan fingerprint density at radius 1 is 1.18 bits per heavy atom. The maximum atomic E-state index is 5.48. The Bertz CT molecular complexity index is 124. The molecule has 1 heterocycles. The van der Waals surface area contributed by atoms with Crippen LogP contribution < -0.4 is 0 Å². The number of hydrogen-bond acceptors (Lipinski definition) is 3. The number of ether oxygens (including phenoxy) is 2. The van der Waals surface area contributed by atoms with E-state index < -0.39 is 0 Å². The predicted octanol–water partition coefficient (Wildman–Crippen LogP) is 0.699. The summed E-state index contributed by atoms with van der Waals surface area (Å²) in [5, 5.41) is 0. The van der Waals surface area contributed by atoms with Gasteiger partial charge in [-0.05, 0) is 27.9 Å². The maximum Gasteiger partial charge on any atom is 0.162 e. The molecular weight excluding hydrogens is 142 g/mol. The molecule has 0 radical (unpaired) electrons. The molecule has 3 nitrogen and oxygen atoms in total. The van der Waals surface area contributed by atoms with Gasteiger partial charge in [0.1, 0.15) is 0 Å². The molecule has 0 unspecified atom stereocenters. The van der Waals surface area contributed by atoms with Crippen LogP contribution in [0.4, 0.5) is 0 Å². The highest BCUT2D eigenvalue weighted by Crippen LogP contribution is 2.18. The minimum absolute atomic E-state index is 0.382. The summed E-state index contributed by atoms with van der Waals surface area (Å²) < 4.78 is 11.0. The van der Waals surface area contributed by atoms with Gasteiger partial charge in [-0.2, -0.15) is 0 Å². The lowest BCUT2D eigenvalue weighted by molar-refractivity contribution is -0.261. The minimum Gasteiger partial charge on any atom is -0.349 e. The first-order chi connectivity index (χ1) is 5.01. The molecule has 0 aromatic carbocycles. The number of likely N-dealkylation sites (N-methyl/N-ethyl adjacent to an activating group) is 1. The zero-order valence-electron chi connectivity index (χ0n) is 7.76. The van der Waals surface area contributed by atoms with Crippen LogP contribution in [0.1, 0.15) is 13.8 Å². The topological polar surface area (TPSA) is 21.7 Å². The second kappa shape index (κ2) is 3.09. The Morgan fingerprint density at radius 2 is 1.64 bits per heavy atom. The summed E-state index contributed by atoms with van der Waals surface area (Å²) in [5.74, 6) is -0.382. The monoisotopic (exact) mass is 159 g/mol. The van der Waals surface area contributed by atoms with Gasteiger partial charge in [0.05, 0.1) is 19.3 Å². The van der Waals surface area contributed by atoms with Gasteiger partial charge in [-0.3, -0.25) is 0 Å². The van der Waals surface area contributed by atoms with E-state index in [9.17, 15) is 0 Å². The first-order valence-electron chi connectivity index (χ1n) is 3.95. The maximum absolute atomic E-state index is 5.48. The van der Waals surface area contributed by atoms with E-state index in [2.05, 4.69) is 4.90 Å². The molecule has 1 aliphatic rings. The number of nitrogens with zero attached hydrogens (tertiary/aromatic N) is 1. The van der Waals surface area contributed by atoms with Crippen molar-refractivity contribution in [2.45, 2.75) is 25.7 Å². The van der Waals surface area contributed by atoms with Gasteiger partial charge < -0.3 is 14.4 Å². The van der Waals surface area contributed by atoms with E-state index in [1.807, 2.05) is 27.9 Å². The second-order valence-electron chi connectivity index (χ2n) is 3.64. The Morgan fingerprint density at radius 3 is 2.00 bits per heavy atom. The van der Waals surface area contributed by atoms with Crippen molar-refractivity contribution in [2.75, 3.05) is 27.3 Å². The van der Waals surface area contributed by atoms with Crippen LogP contribution in [-0.2, 0) is 9.47 Å². The molecule has 0 aliphatic carbocycles. The summed E-state index contributed by atoms with van der Waals surface area (Å²) in [6.45, 7) is 5.41. The average molecular weight is 159 g/mol. The van der Waals surface area contributed by atoms with Crippen molar-refractivity contribution >= 4 is 0 Å². The molecule has 1 aliphatic heterocycles. The van der Waals surface area contributed by atoms with E-state index in [-0.39, 0.29) is 5.79 Å². The van der Waals surface area contributed by atoms with E-state index >= 15 is 0 Å². The molecule has 0 spiro atoms. The van der Waals surface area contributed by atoms with Gasteiger partial charge in [-0.25, -0.2) is 0 Å². The van der Waals surface area contributed by atoms with Crippen LogP contribution in [0.25, 0.3) is 0 Å². The van der Waals surface area contributed by atoms with Gasteiger partial charge in [0, 0.05) is 0 Å². The summed E-state index contributed by atoms with van der Waals surface area (Å²) >= 11 is 0. The molecular formula is C8H17NO2. The van der Waals surface area contributed by atoms with Gasteiger partial charge >= 0.3 is 0 Å². The van der Waals surface area contributed by atoms with Crippen molar-refractivity contribution in [2.24, 2.45) is 0 Å². The first kappa shape index (κ1) is 8.97. The van der Waals surface area contributed by atoms with Gasteiger partial charge in [0.15, 0.2) is 5.79 Å². The lowest BCUT2D eigenvalue weighted by Gasteiger charge is -2.37. The van der Waals surface area contributed by atoms with Crippen LogP contribution in [0.3, 0.4) is 0 Å². The molecule has 1 saturated heterocycles. The quantitative estimate of drug-likeness (QED) is 0.562. The molecule has 11 heavy (non-hydrogen) atoms. The van der Waals surface area contributed by atoms with Crippen molar-refractivity contribution in [3.8, 4) is 0 Å². The summed E-state index contributed by atoms with van der Waals surface area (Å²) in [4.78, 5) is 2.12. The third-order valence-corrected chi connectivity index (χ3v) is 1.98. The molecule has 1 rings (SSSR count). The first-order valence-corrected chi connectivity index (χ1v) is 3.95. The van der Waals surface area contributed by atoms with Gasteiger partial charge in [0.2, 0.25) is 0 Å². The van der Waals surface area contributed by atoms with E-state index in [1.165, 1.54) is 0 Å². The van der Waals surface area contributed by atoms with E-state index in [4.69, 9.17) is 9.47 Å². The predicted molar refractivity (Wildman–Crippen MR) is 43.5 cm³/mol. The molecule has 66 valence electrons. The molecule has 0 saturated carbocycles. The van der Waals surface area contributed by atoms with E-state index in [1.54, 1.807) is 0 Å². The molecule has 0 N–H and O–H groups in total. The third-order valence-electron chi connectivity index (χ3n) is 1.98. The summed E-state index contributed by atoms with van der Waals surface area (Å²) in [6.07, 6.45) is 0. The molecule has 3 heteroatoms. The zero-order valence-corrected chi connectivity index (χ0v) is 7.76. The summed E-state index contributed by atoms with van der Waals surface area (Å²) in [5.41, 5.74) is 0. The van der Waals surface area contributed by atoms with Gasteiger partial charge in [-0.15, -0.1) is 0 Å². The van der Waals surface area contributed by atoms with Crippen LogP contribution in [0, 0.1) is 0 Å². The van der Waals surface area contributed by atoms with Crippen LogP contribution in [-0.4, -0.2) is 44.0 Å². The van der Waals surface area contributed by atoms with Gasteiger partial charge in [0.25, 0.3) is 0 Å². The lowest BCUT2D eigenvalue weighted by atomic mass is 10.2. The Kier molecular flexibility index (Phi) is 2.52. The Balaban J connectivity index is 2.36. The minimum atomic E-state index is -0.382. The highest BCUT2D eigenvalue weighted by molar-refractivity contribution is 4.72. The van der Waals surface area contributed by atoms with Crippen molar-refractivity contribution in [3.05, 3.63) is 0 Å². The zero-order chi connectivity index (χ0) is 8.48. The third kappa shape index (κ3) is 2.43. The normalized spacial score (nSPS) is 25.9. The van der Waals surface area contributed by atoms with Crippen LogP contribution in [0.15, 0.2) is 0 Å². The highest BCUT2D eigenvalue weighted by atomic mass is 16.7. The fourth-order valence-electron chi connectivity index (χ4n) is 0.982. The van der Waals surface area contributed by atoms with Crippen molar-refractivity contribution < 1.29 is 9.47 Å². The SMILES string of the molecule is CN(C)C1COC(C)(C)OC1. The van der Waals surface area contributed by atoms with Crippen molar-refractivity contribution in [1.29, 1.82) is 0 Å². The van der Waals surface area contributed by atoms with Crippen molar-refractivity contribution in [1.82, 2.24) is 4.90 Å². The molecule has 0 aromatic rings. The fourth-order valence-corrected chi connectivity index (χ4v) is 0.982. The second-order valence-corrected chi connectivity index (χ2v) is 3.64. The van der Waals surface area contributed by atoms with Crippen LogP contribution in [0.2, 0.25) is 0 Å². The summed E-state index contributed by atoms with van der Waals surface area (Å²) in [6, 6.07) is 0.406.